The number of halogens is 12. The molecule has 1 amide bonds. The molecule has 0 bridgehead atoms. The fraction of sp³-hybridized carbons (Fsp3) is 0.238. The summed E-state index contributed by atoms with van der Waals surface area (Å²) < 4.78 is 147. The molecule has 0 saturated heterocycles. The zero-order valence-corrected chi connectivity index (χ0v) is 19.1. The second-order valence-corrected chi connectivity index (χ2v) is 8.74. The summed E-state index contributed by atoms with van der Waals surface area (Å²) in [5, 5.41) is 1.36. The average Bonchev–Trinajstić information content (AvgIpc) is 2.78. The van der Waals surface area contributed by atoms with Crippen molar-refractivity contribution in [3.8, 4) is 0 Å². The largest absolute Gasteiger partial charge is 0.457 e. The van der Waals surface area contributed by atoms with E-state index < -0.39 is 68.5 Å². The summed E-state index contributed by atoms with van der Waals surface area (Å²) in [4.78, 5) is 15.5. The van der Waals surface area contributed by atoms with E-state index >= 15 is 0 Å². The SMILES string of the molecule is O=C(Nc1c(Cl)cc(C(F)(C(F)(F)F)C(F)(F)C(F)(F)F)cc1SC(F)F)c1ccc2cccnc2c1. The van der Waals surface area contributed by atoms with E-state index in [0.29, 0.717) is 10.9 Å². The molecule has 16 heteroatoms. The van der Waals surface area contributed by atoms with E-state index in [4.69, 9.17) is 11.6 Å². The number of aromatic nitrogens is 1. The predicted molar refractivity (Wildman–Crippen MR) is 113 cm³/mol. The number of hydrogen-bond acceptors (Lipinski definition) is 3. The number of alkyl halides is 11. The minimum atomic E-state index is -7.04. The van der Waals surface area contributed by atoms with E-state index in [-0.39, 0.29) is 17.7 Å². The second kappa shape index (κ2) is 9.82. The highest BCUT2D eigenvalue weighted by atomic mass is 35.5. The molecule has 3 rings (SSSR count). The van der Waals surface area contributed by atoms with Gasteiger partial charge in [-0.15, -0.1) is 0 Å². The first kappa shape index (κ1) is 28.8. The van der Waals surface area contributed by atoms with E-state index in [1.165, 1.54) is 24.4 Å². The first-order valence-electron chi connectivity index (χ1n) is 9.55. The summed E-state index contributed by atoms with van der Waals surface area (Å²) in [5.74, 6) is -11.6. The number of carbonyl (C=O) groups is 1. The van der Waals surface area contributed by atoms with E-state index in [9.17, 15) is 53.1 Å². The van der Waals surface area contributed by atoms with Gasteiger partial charge in [-0.1, -0.05) is 35.5 Å². The molecular weight excluding hydrogens is 573 g/mol. The summed E-state index contributed by atoms with van der Waals surface area (Å²) in [6, 6.07) is 6.61. The lowest BCUT2D eigenvalue weighted by atomic mass is 9.87. The highest BCUT2D eigenvalue weighted by Crippen LogP contribution is 2.59. The Kier molecular flexibility index (Phi) is 7.63. The van der Waals surface area contributed by atoms with Gasteiger partial charge in [0.05, 0.1) is 16.2 Å². The van der Waals surface area contributed by atoms with Crippen molar-refractivity contribution in [1.29, 1.82) is 0 Å². The van der Waals surface area contributed by atoms with Crippen LogP contribution in [0.4, 0.5) is 54.0 Å². The quantitative estimate of drug-likeness (QED) is 0.234. The number of carbonyl (C=O) groups excluding carboxylic acids is 1. The van der Waals surface area contributed by atoms with Gasteiger partial charge in [0.15, 0.2) is 0 Å². The van der Waals surface area contributed by atoms with Crippen LogP contribution in [0.1, 0.15) is 15.9 Å². The van der Waals surface area contributed by atoms with Crippen LogP contribution in [0.25, 0.3) is 10.9 Å². The molecule has 0 radical (unpaired) electrons. The average molecular weight is 583 g/mol. The van der Waals surface area contributed by atoms with Gasteiger partial charge < -0.3 is 5.32 Å². The van der Waals surface area contributed by atoms with Gasteiger partial charge in [-0.3, -0.25) is 9.78 Å². The minimum absolute atomic E-state index is 0.155. The Hall–Kier alpha value is -2.81. The van der Waals surface area contributed by atoms with Crippen LogP contribution in [0, 0.1) is 0 Å². The van der Waals surface area contributed by atoms with Crippen molar-refractivity contribution in [1.82, 2.24) is 4.98 Å². The zero-order chi connectivity index (χ0) is 28.0. The monoisotopic (exact) mass is 582 g/mol. The maximum absolute atomic E-state index is 14.9. The molecule has 3 nitrogen and oxygen atoms in total. The van der Waals surface area contributed by atoms with Crippen LogP contribution in [-0.2, 0) is 5.67 Å². The Morgan fingerprint density at radius 1 is 0.919 bits per heavy atom. The van der Waals surface area contributed by atoms with Gasteiger partial charge >= 0.3 is 23.9 Å². The van der Waals surface area contributed by atoms with Gasteiger partial charge in [-0.2, -0.15) is 43.9 Å². The molecule has 1 unspecified atom stereocenters. The second-order valence-electron chi connectivity index (χ2n) is 7.30. The smallest absolute Gasteiger partial charge is 0.320 e. The fourth-order valence-corrected chi connectivity index (χ4v) is 4.19. The molecule has 0 fully saturated rings. The lowest BCUT2D eigenvalue weighted by Gasteiger charge is -2.36. The normalized spacial score (nSPS) is 14.6. The standard InChI is InChI=1S/C21H10ClF11N2OS/c22-12-7-11(18(25,20(28,29)30)19(26,27)21(31,32)33)8-14(37-17(23)24)15(12)35-16(36)10-4-3-9-2-1-5-34-13(9)6-10/h1-8,17H,(H,35,36). The molecule has 200 valence electrons. The van der Waals surface area contributed by atoms with Gasteiger partial charge in [0.25, 0.3) is 11.7 Å². The van der Waals surface area contributed by atoms with Crippen LogP contribution in [0.5, 0.6) is 0 Å². The van der Waals surface area contributed by atoms with Crippen molar-refractivity contribution in [2.75, 3.05) is 5.32 Å². The van der Waals surface area contributed by atoms with Crippen LogP contribution in [0.3, 0.4) is 0 Å². The number of rotatable bonds is 6. The molecule has 2 aromatic carbocycles. The molecular formula is C21H10ClF11N2OS. The molecule has 0 aliphatic heterocycles. The maximum Gasteiger partial charge on any atom is 0.457 e. The number of thioether (sulfide) groups is 1. The van der Waals surface area contributed by atoms with Crippen molar-refractivity contribution in [3.05, 3.63) is 64.8 Å². The van der Waals surface area contributed by atoms with Crippen molar-refractivity contribution in [2.24, 2.45) is 0 Å². The molecule has 1 N–H and O–H groups in total. The molecule has 0 spiro atoms. The molecule has 1 atom stereocenters. The van der Waals surface area contributed by atoms with Crippen LogP contribution < -0.4 is 5.32 Å². The number of pyridine rings is 1. The lowest BCUT2D eigenvalue weighted by molar-refractivity contribution is -0.389. The predicted octanol–water partition coefficient (Wildman–Crippen LogP) is 8.38. The molecule has 37 heavy (non-hydrogen) atoms. The summed E-state index contributed by atoms with van der Waals surface area (Å²) in [5.41, 5.74) is -9.53. The number of nitrogens with one attached hydrogen (secondary N) is 1. The van der Waals surface area contributed by atoms with Crippen molar-refractivity contribution < 1.29 is 53.1 Å². The Bertz CT molecular complexity index is 1330. The van der Waals surface area contributed by atoms with E-state index in [0.717, 1.165) is 0 Å². The van der Waals surface area contributed by atoms with Crippen LogP contribution >= 0.6 is 23.4 Å². The molecule has 0 aliphatic carbocycles. The van der Waals surface area contributed by atoms with E-state index in [2.05, 4.69) is 4.98 Å². The van der Waals surface area contributed by atoms with E-state index in [1.807, 2.05) is 5.32 Å². The Balaban J connectivity index is 2.15. The first-order valence-corrected chi connectivity index (χ1v) is 10.8. The number of amides is 1. The Labute approximate surface area is 209 Å². The van der Waals surface area contributed by atoms with Crippen LogP contribution in [0.2, 0.25) is 5.02 Å². The molecule has 0 saturated carbocycles. The third kappa shape index (κ3) is 5.28. The summed E-state index contributed by atoms with van der Waals surface area (Å²) in [7, 11) is 0. The molecule has 3 aromatic rings. The number of anilines is 1. The molecule has 0 aliphatic rings. The maximum atomic E-state index is 14.9. The Morgan fingerprint density at radius 2 is 1.57 bits per heavy atom. The fourth-order valence-electron chi connectivity index (χ4n) is 3.20. The van der Waals surface area contributed by atoms with Gasteiger partial charge in [-0.05, 0) is 30.3 Å². The number of benzene rings is 2. The first-order chi connectivity index (χ1) is 16.9. The minimum Gasteiger partial charge on any atom is -0.320 e. The highest BCUT2D eigenvalue weighted by Gasteiger charge is 2.81. The van der Waals surface area contributed by atoms with Gasteiger partial charge in [0.1, 0.15) is 0 Å². The van der Waals surface area contributed by atoms with Crippen molar-refractivity contribution in [2.45, 2.75) is 34.6 Å². The summed E-state index contributed by atoms with van der Waals surface area (Å²) in [6.07, 6.45) is -12.5. The summed E-state index contributed by atoms with van der Waals surface area (Å²) >= 11 is 5.05. The number of hydrogen-bond donors (Lipinski definition) is 1. The van der Waals surface area contributed by atoms with Crippen LogP contribution in [0.15, 0.2) is 53.6 Å². The molecule has 1 aromatic heterocycles. The van der Waals surface area contributed by atoms with Gasteiger partial charge in [0.2, 0.25) is 0 Å². The highest BCUT2D eigenvalue weighted by molar-refractivity contribution is 7.99. The number of fused-ring (bicyclic) bond motifs is 1. The third-order valence-corrected chi connectivity index (χ3v) is 6.01. The molecule has 1 heterocycles. The zero-order valence-electron chi connectivity index (χ0n) is 17.5. The third-order valence-electron chi connectivity index (χ3n) is 4.95. The van der Waals surface area contributed by atoms with Gasteiger partial charge in [-0.25, -0.2) is 4.39 Å². The summed E-state index contributed by atoms with van der Waals surface area (Å²) in [6.45, 7) is 0. The lowest BCUT2D eigenvalue weighted by Crippen LogP contribution is -2.59. The van der Waals surface area contributed by atoms with E-state index in [1.54, 1.807) is 12.1 Å². The number of nitrogens with zero attached hydrogens (tertiary/aromatic N) is 1. The van der Waals surface area contributed by atoms with Gasteiger partial charge in [0, 0.05) is 27.6 Å². The van der Waals surface area contributed by atoms with Crippen molar-refractivity contribution in [3.63, 3.8) is 0 Å². The van der Waals surface area contributed by atoms with Crippen molar-refractivity contribution >= 4 is 45.9 Å². The van der Waals surface area contributed by atoms with Crippen LogP contribution in [-0.4, -0.2) is 34.9 Å². The Morgan fingerprint density at radius 3 is 2.14 bits per heavy atom. The topological polar surface area (TPSA) is 42.0 Å².